The number of hydrogen-bond acceptors (Lipinski definition) is 4. The van der Waals surface area contributed by atoms with E-state index in [1.807, 2.05) is 5.32 Å². The maximum Gasteiger partial charge on any atom is 0.257 e. The van der Waals surface area contributed by atoms with Gasteiger partial charge in [0, 0.05) is 6.07 Å². The molecule has 1 heterocycles. The van der Waals surface area contributed by atoms with Gasteiger partial charge in [0.1, 0.15) is 24.7 Å². The summed E-state index contributed by atoms with van der Waals surface area (Å²) in [5.41, 5.74) is -0.296. The summed E-state index contributed by atoms with van der Waals surface area (Å²) in [4.78, 5) is 35.0. The molecule has 2 rings (SSSR count). The van der Waals surface area contributed by atoms with Crippen molar-refractivity contribution in [3.63, 3.8) is 0 Å². The minimum atomic E-state index is -0.904. The zero-order chi connectivity index (χ0) is 13.3. The van der Waals surface area contributed by atoms with Crippen molar-refractivity contribution in [2.45, 2.75) is 0 Å². The molecule has 2 N–H and O–H groups in total. The second-order valence-electron chi connectivity index (χ2n) is 3.80. The van der Waals surface area contributed by atoms with Gasteiger partial charge in [-0.2, -0.15) is 0 Å². The van der Waals surface area contributed by atoms with E-state index < -0.39 is 23.5 Å². The molecule has 0 spiro atoms. The summed E-state index contributed by atoms with van der Waals surface area (Å²) in [5.74, 6) is -3.21. The zero-order valence-corrected chi connectivity index (χ0v) is 9.14. The number of piperazine rings is 1. The number of hydrogen-bond donors (Lipinski definition) is 2. The van der Waals surface area contributed by atoms with E-state index in [-0.39, 0.29) is 24.4 Å². The van der Waals surface area contributed by atoms with Crippen LogP contribution in [0.25, 0.3) is 0 Å². The van der Waals surface area contributed by atoms with Crippen LogP contribution in [0.4, 0.5) is 4.39 Å². The Bertz CT molecular complexity index is 528. The van der Waals surface area contributed by atoms with Crippen LogP contribution in [0.15, 0.2) is 18.2 Å². The molecule has 3 amide bonds. The first kappa shape index (κ1) is 12.0. The number of phenolic OH excluding ortho intramolecular Hbond substituents is 1. The van der Waals surface area contributed by atoms with Crippen LogP contribution in [0.1, 0.15) is 10.4 Å². The molecule has 18 heavy (non-hydrogen) atoms. The Kier molecular flexibility index (Phi) is 2.97. The van der Waals surface area contributed by atoms with Crippen molar-refractivity contribution in [2.75, 3.05) is 13.1 Å². The lowest BCUT2D eigenvalue weighted by Crippen LogP contribution is -2.53. The lowest BCUT2D eigenvalue weighted by atomic mass is 10.1. The van der Waals surface area contributed by atoms with E-state index in [1.165, 1.54) is 0 Å². The first-order chi connectivity index (χ1) is 8.47. The van der Waals surface area contributed by atoms with Crippen molar-refractivity contribution in [1.29, 1.82) is 0 Å². The van der Waals surface area contributed by atoms with E-state index in [1.54, 1.807) is 0 Å². The lowest BCUT2D eigenvalue weighted by Gasteiger charge is -2.25. The van der Waals surface area contributed by atoms with Crippen molar-refractivity contribution in [3.05, 3.63) is 29.6 Å². The smallest absolute Gasteiger partial charge is 0.257 e. The number of carbonyl (C=O) groups is 3. The van der Waals surface area contributed by atoms with E-state index in [4.69, 9.17) is 5.11 Å². The van der Waals surface area contributed by atoms with Gasteiger partial charge >= 0.3 is 0 Å². The lowest BCUT2D eigenvalue weighted by molar-refractivity contribution is -0.135. The highest BCUT2D eigenvalue weighted by Crippen LogP contribution is 2.17. The first-order valence-corrected chi connectivity index (χ1v) is 5.08. The number of phenols is 1. The van der Waals surface area contributed by atoms with Gasteiger partial charge in [-0.05, 0) is 12.1 Å². The molecule has 0 radical (unpaired) electrons. The van der Waals surface area contributed by atoms with Gasteiger partial charge in [0.15, 0.2) is 0 Å². The molecule has 0 saturated carbocycles. The molecular weight excluding hydrogens is 243 g/mol. The second-order valence-corrected chi connectivity index (χ2v) is 3.80. The standard InChI is InChI=1S/C11H9FN2O4/c12-8-3-6(15)1-2-7(8)11(18)14-4-9(16)13-10(17)5-14/h1-3,15H,4-5H2,(H,13,16,17). The van der Waals surface area contributed by atoms with Gasteiger partial charge in [0.05, 0.1) is 5.56 Å². The predicted molar refractivity (Wildman–Crippen MR) is 57.1 cm³/mol. The Balaban J connectivity index is 2.25. The highest BCUT2D eigenvalue weighted by atomic mass is 19.1. The van der Waals surface area contributed by atoms with Gasteiger partial charge < -0.3 is 10.0 Å². The molecule has 1 aromatic rings. The Labute approximate surface area is 101 Å². The minimum absolute atomic E-state index is 0.296. The molecule has 1 aromatic carbocycles. The summed E-state index contributed by atoms with van der Waals surface area (Å²) in [7, 11) is 0. The van der Waals surface area contributed by atoms with E-state index in [0.717, 1.165) is 23.1 Å². The van der Waals surface area contributed by atoms with Crippen LogP contribution in [0.5, 0.6) is 5.75 Å². The average molecular weight is 252 g/mol. The fraction of sp³-hybridized carbons (Fsp3) is 0.182. The molecule has 7 heteroatoms. The van der Waals surface area contributed by atoms with Crippen molar-refractivity contribution < 1.29 is 23.9 Å². The molecule has 1 saturated heterocycles. The molecule has 1 fully saturated rings. The van der Waals surface area contributed by atoms with Crippen LogP contribution < -0.4 is 5.32 Å². The Morgan fingerprint density at radius 2 is 1.89 bits per heavy atom. The van der Waals surface area contributed by atoms with Gasteiger partial charge in [0.25, 0.3) is 5.91 Å². The summed E-state index contributed by atoms with van der Waals surface area (Å²) in [5, 5.41) is 11.1. The third kappa shape index (κ3) is 2.29. The molecule has 0 aliphatic carbocycles. The Morgan fingerprint density at radius 1 is 1.28 bits per heavy atom. The molecule has 0 aromatic heterocycles. The van der Waals surface area contributed by atoms with Crippen molar-refractivity contribution in [2.24, 2.45) is 0 Å². The van der Waals surface area contributed by atoms with Crippen LogP contribution in [0.2, 0.25) is 0 Å². The molecule has 0 atom stereocenters. The van der Waals surface area contributed by atoms with Gasteiger partial charge in [-0.3, -0.25) is 19.7 Å². The summed E-state index contributed by atoms with van der Waals surface area (Å²) in [6.45, 7) is -0.601. The fourth-order valence-corrected chi connectivity index (χ4v) is 1.63. The number of carbonyl (C=O) groups excluding carboxylic acids is 3. The number of aromatic hydroxyl groups is 1. The molecule has 1 aliphatic heterocycles. The maximum absolute atomic E-state index is 13.5. The van der Waals surface area contributed by atoms with E-state index >= 15 is 0 Å². The molecule has 6 nitrogen and oxygen atoms in total. The highest BCUT2D eigenvalue weighted by molar-refractivity contribution is 6.05. The van der Waals surface area contributed by atoms with Crippen LogP contribution in [0.3, 0.4) is 0 Å². The van der Waals surface area contributed by atoms with Gasteiger partial charge in [0.2, 0.25) is 11.8 Å². The van der Waals surface area contributed by atoms with Crippen molar-refractivity contribution >= 4 is 17.7 Å². The predicted octanol–water partition coefficient (Wildman–Crippen LogP) is -0.370. The van der Waals surface area contributed by atoms with Crippen LogP contribution in [-0.2, 0) is 9.59 Å². The van der Waals surface area contributed by atoms with Crippen LogP contribution >= 0.6 is 0 Å². The van der Waals surface area contributed by atoms with Gasteiger partial charge in [-0.1, -0.05) is 0 Å². The molecule has 0 unspecified atom stereocenters. The Hall–Kier alpha value is -2.44. The average Bonchev–Trinajstić information content (AvgIpc) is 2.26. The first-order valence-electron chi connectivity index (χ1n) is 5.08. The van der Waals surface area contributed by atoms with Crippen LogP contribution in [-0.4, -0.2) is 40.8 Å². The quantitative estimate of drug-likeness (QED) is 0.668. The van der Waals surface area contributed by atoms with Gasteiger partial charge in [-0.15, -0.1) is 0 Å². The van der Waals surface area contributed by atoms with Gasteiger partial charge in [-0.25, -0.2) is 4.39 Å². The van der Waals surface area contributed by atoms with Crippen molar-refractivity contribution in [3.8, 4) is 5.75 Å². The summed E-state index contributed by atoms with van der Waals surface area (Å²) in [6.07, 6.45) is 0. The number of amides is 3. The minimum Gasteiger partial charge on any atom is -0.508 e. The number of nitrogens with one attached hydrogen (secondary N) is 1. The largest absolute Gasteiger partial charge is 0.508 e. The monoisotopic (exact) mass is 252 g/mol. The summed E-state index contributed by atoms with van der Waals surface area (Å²) in [6, 6.07) is 3.05. The molecule has 0 bridgehead atoms. The normalized spacial score (nSPS) is 15.5. The highest BCUT2D eigenvalue weighted by Gasteiger charge is 2.28. The van der Waals surface area contributed by atoms with E-state index in [0.29, 0.717) is 0 Å². The summed E-state index contributed by atoms with van der Waals surface area (Å²) < 4.78 is 13.5. The fourth-order valence-electron chi connectivity index (χ4n) is 1.63. The Morgan fingerprint density at radius 3 is 2.44 bits per heavy atom. The molecular formula is C11H9FN2O4. The van der Waals surface area contributed by atoms with Crippen LogP contribution in [0, 0.1) is 5.82 Å². The molecule has 1 aliphatic rings. The second kappa shape index (κ2) is 4.44. The molecule has 94 valence electrons. The number of rotatable bonds is 1. The number of benzene rings is 1. The third-order valence-corrected chi connectivity index (χ3v) is 2.42. The number of imide groups is 1. The number of halogens is 1. The maximum atomic E-state index is 13.5. The number of nitrogens with zero attached hydrogens (tertiary/aromatic N) is 1. The zero-order valence-electron chi connectivity index (χ0n) is 9.14. The van der Waals surface area contributed by atoms with E-state index in [9.17, 15) is 18.8 Å². The van der Waals surface area contributed by atoms with Crippen molar-refractivity contribution in [1.82, 2.24) is 10.2 Å². The summed E-state index contributed by atoms with van der Waals surface area (Å²) >= 11 is 0. The topological polar surface area (TPSA) is 86.7 Å². The SMILES string of the molecule is O=C1CN(C(=O)c2ccc(O)cc2F)CC(=O)N1. The third-order valence-electron chi connectivity index (χ3n) is 2.42. The van der Waals surface area contributed by atoms with E-state index in [2.05, 4.69) is 0 Å².